The summed E-state index contributed by atoms with van der Waals surface area (Å²) in [6.07, 6.45) is 0. The number of thiol groups is 1. The second-order valence-electron chi connectivity index (χ2n) is 5.09. The first-order valence-electron chi connectivity index (χ1n) is 6.72. The van der Waals surface area contributed by atoms with Gasteiger partial charge in [-0.15, -0.1) is 17.7 Å². The van der Waals surface area contributed by atoms with Gasteiger partial charge in [0.05, 0.1) is 0 Å². The molecule has 2 aromatic carbocycles. The lowest BCUT2D eigenvalue weighted by Gasteiger charge is -2.12. The maximum Gasteiger partial charge on any atom is 0.145 e. The zero-order chi connectivity index (χ0) is 15.9. The largest absolute Gasteiger partial charge is 0.508 e. The molecule has 22 heavy (non-hydrogen) atoms. The number of phenolic OH excluding ortho intramolecular Hbond substituents is 2. The molecule has 112 valence electrons. The summed E-state index contributed by atoms with van der Waals surface area (Å²) in [6.45, 7) is 4.05. The Morgan fingerprint density at radius 2 is 1.86 bits per heavy atom. The predicted molar refractivity (Wildman–Crippen MR) is 86.9 cm³/mol. The van der Waals surface area contributed by atoms with Crippen LogP contribution in [-0.4, -0.2) is 25.2 Å². The lowest BCUT2D eigenvalue weighted by molar-refractivity contribution is 0.447. The van der Waals surface area contributed by atoms with Gasteiger partial charge in [0, 0.05) is 11.6 Å². The predicted octanol–water partition coefficient (Wildman–Crippen LogP) is 3.25. The third kappa shape index (κ3) is 2.31. The molecule has 6 heteroatoms. The summed E-state index contributed by atoms with van der Waals surface area (Å²) in [5.41, 5.74) is 4.32. The van der Waals surface area contributed by atoms with Crippen LogP contribution < -0.4 is 0 Å². The summed E-state index contributed by atoms with van der Waals surface area (Å²) in [7, 11) is 0. The van der Waals surface area contributed by atoms with Crippen LogP contribution in [0.25, 0.3) is 16.9 Å². The van der Waals surface area contributed by atoms with Crippen molar-refractivity contribution < 1.29 is 10.2 Å². The molecule has 0 radical (unpaired) electrons. The van der Waals surface area contributed by atoms with E-state index in [-0.39, 0.29) is 11.5 Å². The number of aromatic hydroxyl groups is 2. The van der Waals surface area contributed by atoms with E-state index in [2.05, 4.69) is 22.9 Å². The summed E-state index contributed by atoms with van der Waals surface area (Å²) < 4.78 is 1.53. The van der Waals surface area contributed by atoms with Crippen LogP contribution in [0.15, 0.2) is 41.4 Å². The number of aryl methyl sites for hydroxylation is 1. The van der Waals surface area contributed by atoms with Gasteiger partial charge < -0.3 is 10.2 Å². The number of hydrogen-bond acceptors (Lipinski definition) is 5. The normalized spacial score (nSPS) is 10.9. The zero-order valence-corrected chi connectivity index (χ0v) is 13.0. The van der Waals surface area contributed by atoms with Crippen LogP contribution in [0.5, 0.6) is 11.5 Å². The van der Waals surface area contributed by atoms with E-state index in [4.69, 9.17) is 0 Å². The molecule has 0 saturated heterocycles. The highest BCUT2D eigenvalue weighted by atomic mass is 32.1. The molecule has 1 heterocycles. The van der Waals surface area contributed by atoms with Gasteiger partial charge in [0.1, 0.15) is 27.9 Å². The Balaban J connectivity index is 2.26. The number of aromatic nitrogens is 3. The van der Waals surface area contributed by atoms with Gasteiger partial charge in [-0.25, -0.2) is 4.68 Å². The number of nitrogens with zero attached hydrogens (tertiary/aromatic N) is 3. The maximum absolute atomic E-state index is 10.1. The van der Waals surface area contributed by atoms with Crippen molar-refractivity contribution in [3.63, 3.8) is 0 Å². The van der Waals surface area contributed by atoms with Gasteiger partial charge >= 0.3 is 0 Å². The van der Waals surface area contributed by atoms with E-state index < -0.39 is 0 Å². The Kier molecular flexibility index (Phi) is 3.54. The molecule has 0 amide bonds. The van der Waals surface area contributed by atoms with Gasteiger partial charge in [0.15, 0.2) is 0 Å². The van der Waals surface area contributed by atoms with Gasteiger partial charge in [-0.05, 0) is 37.1 Å². The topological polar surface area (TPSA) is 71.2 Å². The number of hydrogen-bond donors (Lipinski definition) is 3. The molecule has 5 nitrogen and oxygen atoms in total. The van der Waals surface area contributed by atoms with E-state index in [1.54, 1.807) is 6.07 Å². The van der Waals surface area contributed by atoms with Crippen molar-refractivity contribution in [2.45, 2.75) is 18.9 Å². The highest BCUT2D eigenvalue weighted by Gasteiger charge is 2.18. The highest BCUT2D eigenvalue weighted by molar-refractivity contribution is 7.80. The summed E-state index contributed by atoms with van der Waals surface area (Å²) in [5.74, 6) is -0.0921. The molecule has 3 rings (SSSR count). The van der Waals surface area contributed by atoms with E-state index in [9.17, 15) is 10.2 Å². The van der Waals surface area contributed by atoms with Crippen molar-refractivity contribution in [1.82, 2.24) is 15.0 Å². The molecule has 0 bridgehead atoms. The second kappa shape index (κ2) is 5.38. The molecule has 0 aliphatic heterocycles. The molecule has 0 saturated carbocycles. The van der Waals surface area contributed by atoms with E-state index in [1.165, 1.54) is 16.8 Å². The smallest absolute Gasteiger partial charge is 0.145 e. The number of rotatable bonds is 2. The third-order valence-electron chi connectivity index (χ3n) is 3.70. The molecule has 1 aromatic heterocycles. The van der Waals surface area contributed by atoms with Crippen molar-refractivity contribution in [2.75, 3.05) is 0 Å². The summed E-state index contributed by atoms with van der Waals surface area (Å²) in [5, 5.41) is 28.1. The second-order valence-corrected chi connectivity index (χ2v) is 5.52. The van der Waals surface area contributed by atoms with Crippen LogP contribution in [0, 0.1) is 13.8 Å². The summed E-state index contributed by atoms with van der Waals surface area (Å²) in [6, 6.07) is 10.3. The lowest BCUT2D eigenvalue weighted by atomic mass is 10.0. The Bertz CT molecular complexity index is 859. The molecule has 0 aliphatic carbocycles. The van der Waals surface area contributed by atoms with Crippen LogP contribution in [0.2, 0.25) is 0 Å². The molecule has 0 spiro atoms. The molecule has 0 aliphatic rings. The van der Waals surface area contributed by atoms with Crippen LogP contribution in [-0.2, 0) is 0 Å². The fraction of sp³-hybridized carbons (Fsp3) is 0.125. The van der Waals surface area contributed by atoms with Crippen LogP contribution >= 0.6 is 12.6 Å². The third-order valence-corrected chi connectivity index (χ3v) is 4.00. The monoisotopic (exact) mass is 313 g/mol. The first kappa shape index (κ1) is 14.5. The average molecular weight is 313 g/mol. The van der Waals surface area contributed by atoms with Gasteiger partial charge in [-0.2, -0.15) is 0 Å². The van der Waals surface area contributed by atoms with Crippen molar-refractivity contribution in [3.05, 3.63) is 47.5 Å². The fourth-order valence-electron chi connectivity index (χ4n) is 2.38. The fourth-order valence-corrected chi connectivity index (χ4v) is 2.63. The molecule has 0 fully saturated rings. The van der Waals surface area contributed by atoms with Crippen molar-refractivity contribution >= 4 is 12.6 Å². The van der Waals surface area contributed by atoms with Gasteiger partial charge in [-0.3, -0.25) is 0 Å². The molecular formula is C16H15N3O2S. The minimum absolute atomic E-state index is 0.0132. The van der Waals surface area contributed by atoms with E-state index in [0.29, 0.717) is 16.4 Å². The van der Waals surface area contributed by atoms with E-state index in [1.807, 2.05) is 32.0 Å². The molecule has 0 unspecified atom stereocenters. The molecule has 2 N–H and O–H groups in total. The van der Waals surface area contributed by atoms with Gasteiger partial charge in [0.25, 0.3) is 0 Å². The van der Waals surface area contributed by atoms with Crippen LogP contribution in [0.1, 0.15) is 11.1 Å². The maximum atomic E-state index is 10.1. The van der Waals surface area contributed by atoms with Crippen molar-refractivity contribution in [1.29, 1.82) is 0 Å². The number of phenols is 2. The Morgan fingerprint density at radius 1 is 1.09 bits per heavy atom. The molecule has 3 aromatic rings. The highest BCUT2D eigenvalue weighted by Crippen LogP contribution is 2.34. The van der Waals surface area contributed by atoms with E-state index in [0.717, 1.165) is 16.7 Å². The number of benzene rings is 2. The minimum atomic E-state index is -0.0789. The van der Waals surface area contributed by atoms with Crippen molar-refractivity contribution in [3.8, 4) is 28.4 Å². The van der Waals surface area contributed by atoms with Gasteiger partial charge in [-0.1, -0.05) is 23.4 Å². The minimum Gasteiger partial charge on any atom is -0.508 e. The van der Waals surface area contributed by atoms with Crippen LogP contribution in [0.3, 0.4) is 0 Å². The van der Waals surface area contributed by atoms with Crippen molar-refractivity contribution in [2.24, 2.45) is 0 Å². The first-order valence-corrected chi connectivity index (χ1v) is 7.17. The lowest BCUT2D eigenvalue weighted by Crippen LogP contribution is -2.01. The Morgan fingerprint density at radius 3 is 2.59 bits per heavy atom. The summed E-state index contributed by atoms with van der Waals surface area (Å²) >= 11 is 4.39. The first-order chi connectivity index (χ1) is 10.5. The quantitative estimate of drug-likeness (QED) is 0.635. The zero-order valence-electron chi connectivity index (χ0n) is 12.1. The Hall–Kier alpha value is -2.47. The van der Waals surface area contributed by atoms with E-state index >= 15 is 0 Å². The molecule has 0 atom stereocenters. The Labute approximate surface area is 133 Å². The standard InChI is InChI=1S/C16H15N3O2S/c1-9-4-3-5-12(10(9)2)15-16(22)17-18-19(15)13-7-6-11(20)8-14(13)21/h3-8,20-22H,1-2H3. The van der Waals surface area contributed by atoms with Crippen LogP contribution in [0.4, 0.5) is 0 Å². The average Bonchev–Trinajstić information content (AvgIpc) is 2.84. The summed E-state index contributed by atoms with van der Waals surface area (Å²) in [4.78, 5) is 0. The SMILES string of the molecule is Cc1cccc(-c2c(S)nnn2-c2ccc(O)cc2O)c1C. The van der Waals surface area contributed by atoms with Gasteiger partial charge in [0.2, 0.25) is 0 Å². The molecular weight excluding hydrogens is 298 g/mol.